The van der Waals surface area contributed by atoms with Crippen molar-refractivity contribution in [3.05, 3.63) is 35.3 Å². The van der Waals surface area contributed by atoms with Crippen molar-refractivity contribution in [2.75, 3.05) is 13.1 Å². The second kappa shape index (κ2) is 4.73. The zero-order valence-corrected chi connectivity index (χ0v) is 10.7. The summed E-state index contributed by atoms with van der Waals surface area (Å²) >= 11 is 0. The molecule has 2 heterocycles. The maximum atomic E-state index is 13.4. The molecule has 96 valence electrons. The number of piperidine rings is 1. The summed E-state index contributed by atoms with van der Waals surface area (Å²) in [5.74, 6) is 0.532. The Balaban J connectivity index is 1.94. The van der Waals surface area contributed by atoms with Gasteiger partial charge in [-0.05, 0) is 69.0 Å². The lowest BCUT2D eigenvalue weighted by Gasteiger charge is -2.22. The molecule has 1 aliphatic rings. The maximum absolute atomic E-state index is 13.4. The SMILES string of the molecule is Cc1[nH]c2ccc(F)cc2c1CC1CCCNC1. The third kappa shape index (κ3) is 2.15. The van der Waals surface area contributed by atoms with Gasteiger partial charge in [-0.1, -0.05) is 0 Å². The molecule has 0 bridgehead atoms. The van der Waals surface area contributed by atoms with Crippen LogP contribution in [0.4, 0.5) is 4.39 Å². The summed E-state index contributed by atoms with van der Waals surface area (Å²) in [6.07, 6.45) is 3.57. The van der Waals surface area contributed by atoms with Gasteiger partial charge < -0.3 is 10.3 Å². The van der Waals surface area contributed by atoms with E-state index < -0.39 is 0 Å². The van der Waals surface area contributed by atoms with E-state index in [0.717, 1.165) is 30.4 Å². The summed E-state index contributed by atoms with van der Waals surface area (Å²) in [5, 5.41) is 4.50. The molecule has 1 fully saturated rings. The van der Waals surface area contributed by atoms with Gasteiger partial charge >= 0.3 is 0 Å². The molecule has 3 rings (SSSR count). The topological polar surface area (TPSA) is 27.8 Å². The number of H-pyrrole nitrogens is 1. The van der Waals surface area contributed by atoms with Gasteiger partial charge in [0.25, 0.3) is 0 Å². The first-order valence-corrected chi connectivity index (χ1v) is 6.71. The second-order valence-corrected chi connectivity index (χ2v) is 5.33. The van der Waals surface area contributed by atoms with Crippen LogP contribution in [0.15, 0.2) is 18.2 Å². The molecule has 1 aliphatic heterocycles. The zero-order valence-electron chi connectivity index (χ0n) is 10.7. The number of aromatic nitrogens is 1. The normalized spacial score (nSPS) is 20.4. The number of hydrogen-bond donors (Lipinski definition) is 2. The van der Waals surface area contributed by atoms with Crippen LogP contribution in [-0.2, 0) is 6.42 Å². The Bertz CT molecular complexity index is 553. The third-order valence-electron chi connectivity index (χ3n) is 3.97. The highest BCUT2D eigenvalue weighted by Gasteiger charge is 2.17. The lowest BCUT2D eigenvalue weighted by atomic mass is 9.91. The molecule has 18 heavy (non-hydrogen) atoms. The summed E-state index contributed by atoms with van der Waals surface area (Å²) < 4.78 is 13.4. The van der Waals surface area contributed by atoms with Crippen LogP contribution in [0.2, 0.25) is 0 Å². The molecular weight excluding hydrogens is 227 g/mol. The van der Waals surface area contributed by atoms with Crippen LogP contribution in [0.1, 0.15) is 24.1 Å². The molecule has 0 aliphatic carbocycles. The summed E-state index contributed by atoms with van der Waals surface area (Å²) in [7, 11) is 0. The Labute approximate surface area is 107 Å². The molecule has 2 aromatic rings. The van der Waals surface area contributed by atoms with E-state index in [1.165, 1.54) is 30.2 Å². The van der Waals surface area contributed by atoms with Crippen molar-refractivity contribution in [3.8, 4) is 0 Å². The number of hydrogen-bond acceptors (Lipinski definition) is 1. The van der Waals surface area contributed by atoms with Gasteiger partial charge in [-0.2, -0.15) is 0 Å². The Morgan fingerprint density at radius 1 is 1.39 bits per heavy atom. The van der Waals surface area contributed by atoms with Gasteiger partial charge in [-0.25, -0.2) is 4.39 Å². The van der Waals surface area contributed by atoms with Crippen molar-refractivity contribution in [3.63, 3.8) is 0 Å². The van der Waals surface area contributed by atoms with Gasteiger partial charge in [0.05, 0.1) is 0 Å². The van der Waals surface area contributed by atoms with Crippen molar-refractivity contribution in [2.45, 2.75) is 26.2 Å². The fourth-order valence-corrected chi connectivity index (χ4v) is 3.00. The summed E-state index contributed by atoms with van der Waals surface area (Å²) in [5.41, 5.74) is 3.52. The highest BCUT2D eigenvalue weighted by Crippen LogP contribution is 2.27. The van der Waals surface area contributed by atoms with Crippen LogP contribution in [0.3, 0.4) is 0 Å². The number of rotatable bonds is 2. The first kappa shape index (κ1) is 11.7. The van der Waals surface area contributed by atoms with Gasteiger partial charge in [-0.3, -0.25) is 0 Å². The fourth-order valence-electron chi connectivity index (χ4n) is 3.00. The van der Waals surface area contributed by atoms with Crippen LogP contribution in [0.5, 0.6) is 0 Å². The minimum atomic E-state index is -0.149. The van der Waals surface area contributed by atoms with E-state index in [2.05, 4.69) is 17.2 Å². The number of benzene rings is 1. The van der Waals surface area contributed by atoms with Crippen molar-refractivity contribution in [1.82, 2.24) is 10.3 Å². The fraction of sp³-hybridized carbons (Fsp3) is 0.467. The van der Waals surface area contributed by atoms with E-state index in [1.54, 1.807) is 6.07 Å². The number of aryl methyl sites for hydroxylation is 1. The van der Waals surface area contributed by atoms with Crippen LogP contribution < -0.4 is 5.32 Å². The zero-order chi connectivity index (χ0) is 12.5. The standard InChI is InChI=1S/C15H19FN2/c1-10-13(7-11-3-2-6-17-9-11)14-8-12(16)4-5-15(14)18-10/h4-5,8,11,17-18H,2-3,6-7,9H2,1H3. The quantitative estimate of drug-likeness (QED) is 0.837. The average molecular weight is 246 g/mol. The van der Waals surface area contributed by atoms with Gasteiger partial charge in [0.1, 0.15) is 5.82 Å². The Morgan fingerprint density at radius 2 is 2.28 bits per heavy atom. The van der Waals surface area contributed by atoms with E-state index >= 15 is 0 Å². The molecule has 1 unspecified atom stereocenters. The van der Waals surface area contributed by atoms with Crippen LogP contribution in [0, 0.1) is 18.7 Å². The monoisotopic (exact) mass is 246 g/mol. The second-order valence-electron chi connectivity index (χ2n) is 5.33. The molecule has 0 spiro atoms. The minimum absolute atomic E-state index is 0.149. The van der Waals surface area contributed by atoms with Gasteiger partial charge in [0.15, 0.2) is 0 Å². The average Bonchev–Trinajstić information content (AvgIpc) is 2.67. The van der Waals surface area contributed by atoms with Crippen LogP contribution >= 0.6 is 0 Å². The molecule has 2 N–H and O–H groups in total. The minimum Gasteiger partial charge on any atom is -0.358 e. The molecular formula is C15H19FN2. The van der Waals surface area contributed by atoms with E-state index in [9.17, 15) is 4.39 Å². The summed E-state index contributed by atoms with van der Waals surface area (Å²) in [6, 6.07) is 5.01. The van der Waals surface area contributed by atoms with Gasteiger partial charge in [0, 0.05) is 16.6 Å². The largest absolute Gasteiger partial charge is 0.358 e. The molecule has 1 aromatic carbocycles. The number of halogens is 1. The van der Waals surface area contributed by atoms with Crippen molar-refractivity contribution < 1.29 is 4.39 Å². The van der Waals surface area contributed by atoms with Crippen molar-refractivity contribution in [1.29, 1.82) is 0 Å². The van der Waals surface area contributed by atoms with Crippen molar-refractivity contribution >= 4 is 10.9 Å². The van der Waals surface area contributed by atoms with E-state index in [0.29, 0.717) is 5.92 Å². The van der Waals surface area contributed by atoms with E-state index in [1.807, 2.05) is 6.07 Å². The Hall–Kier alpha value is -1.35. The highest BCUT2D eigenvalue weighted by atomic mass is 19.1. The third-order valence-corrected chi connectivity index (χ3v) is 3.97. The maximum Gasteiger partial charge on any atom is 0.123 e. The predicted octanol–water partition coefficient (Wildman–Crippen LogP) is 3.16. The van der Waals surface area contributed by atoms with E-state index in [4.69, 9.17) is 0 Å². The number of fused-ring (bicyclic) bond motifs is 1. The highest BCUT2D eigenvalue weighted by molar-refractivity contribution is 5.84. The van der Waals surface area contributed by atoms with Gasteiger partial charge in [0.2, 0.25) is 0 Å². The smallest absolute Gasteiger partial charge is 0.123 e. The first-order chi connectivity index (χ1) is 8.74. The Kier molecular flexibility index (Phi) is 3.08. The molecule has 0 radical (unpaired) electrons. The molecule has 1 atom stereocenters. The molecule has 3 heteroatoms. The molecule has 1 aromatic heterocycles. The summed E-state index contributed by atoms with van der Waals surface area (Å²) in [6.45, 7) is 4.31. The number of nitrogens with one attached hydrogen (secondary N) is 2. The lowest BCUT2D eigenvalue weighted by molar-refractivity contribution is 0.376. The lowest BCUT2D eigenvalue weighted by Crippen LogP contribution is -2.30. The number of aromatic amines is 1. The Morgan fingerprint density at radius 3 is 3.06 bits per heavy atom. The summed E-state index contributed by atoms with van der Waals surface area (Å²) in [4.78, 5) is 3.36. The molecule has 1 saturated heterocycles. The van der Waals surface area contributed by atoms with Crippen LogP contribution in [-0.4, -0.2) is 18.1 Å². The first-order valence-electron chi connectivity index (χ1n) is 6.71. The van der Waals surface area contributed by atoms with E-state index in [-0.39, 0.29) is 5.82 Å². The van der Waals surface area contributed by atoms with Crippen molar-refractivity contribution in [2.24, 2.45) is 5.92 Å². The predicted molar refractivity (Wildman–Crippen MR) is 72.3 cm³/mol. The molecule has 0 saturated carbocycles. The van der Waals surface area contributed by atoms with Gasteiger partial charge in [-0.15, -0.1) is 0 Å². The van der Waals surface area contributed by atoms with Crippen LogP contribution in [0.25, 0.3) is 10.9 Å². The molecule has 2 nitrogen and oxygen atoms in total. The molecule has 0 amide bonds.